The molecule has 0 spiro atoms. The molecule has 0 saturated carbocycles. The third-order valence-electron chi connectivity index (χ3n) is 5.83. The maximum atomic E-state index is 13.0. The number of ketones is 1. The normalized spacial score (nSPS) is 11.0. The molecule has 0 unspecified atom stereocenters. The van der Waals surface area contributed by atoms with E-state index in [1.165, 1.54) is 10.9 Å². The van der Waals surface area contributed by atoms with Crippen molar-refractivity contribution in [1.29, 1.82) is 0 Å². The van der Waals surface area contributed by atoms with Crippen LogP contribution in [0.4, 0.5) is 5.69 Å². The molecule has 2 heterocycles. The van der Waals surface area contributed by atoms with Crippen LogP contribution in [0.15, 0.2) is 82.3 Å². The largest absolute Gasteiger partial charge is 0.497 e. The van der Waals surface area contributed by atoms with Gasteiger partial charge in [-0.2, -0.15) is 0 Å². The third kappa shape index (κ3) is 4.17. The molecule has 0 fully saturated rings. The van der Waals surface area contributed by atoms with Gasteiger partial charge in [-0.05, 0) is 55.5 Å². The van der Waals surface area contributed by atoms with Crippen LogP contribution < -0.4 is 15.6 Å². The number of rotatable bonds is 6. The van der Waals surface area contributed by atoms with Crippen molar-refractivity contribution in [2.45, 2.75) is 13.5 Å². The van der Waals surface area contributed by atoms with Gasteiger partial charge in [0, 0.05) is 28.3 Å². The second kappa shape index (κ2) is 8.90. The number of fused-ring (bicyclic) bond motifs is 2. The zero-order chi connectivity index (χ0) is 24.5. The van der Waals surface area contributed by atoms with Crippen molar-refractivity contribution >= 4 is 39.2 Å². The molecule has 8 heteroatoms. The van der Waals surface area contributed by atoms with Gasteiger partial charge in [-0.25, -0.2) is 4.98 Å². The summed E-state index contributed by atoms with van der Waals surface area (Å²) >= 11 is 0. The van der Waals surface area contributed by atoms with E-state index in [2.05, 4.69) is 10.3 Å². The molecule has 1 amide bonds. The van der Waals surface area contributed by atoms with E-state index in [1.54, 1.807) is 73.8 Å². The molecule has 0 aliphatic rings. The van der Waals surface area contributed by atoms with Gasteiger partial charge in [0.15, 0.2) is 5.76 Å². The highest BCUT2D eigenvalue weighted by molar-refractivity contribution is 6.10. The Bertz CT molecular complexity index is 1650. The van der Waals surface area contributed by atoms with E-state index in [9.17, 15) is 14.4 Å². The Morgan fingerprint density at radius 2 is 1.80 bits per heavy atom. The first-order valence-electron chi connectivity index (χ1n) is 10.9. The van der Waals surface area contributed by atoms with Gasteiger partial charge in [-0.15, -0.1) is 0 Å². The number of carbonyl (C=O) groups is 2. The van der Waals surface area contributed by atoms with E-state index in [0.717, 1.165) is 5.39 Å². The van der Waals surface area contributed by atoms with Crippen LogP contribution in [0.5, 0.6) is 5.75 Å². The number of anilines is 1. The molecule has 0 saturated heterocycles. The van der Waals surface area contributed by atoms with E-state index in [-0.39, 0.29) is 29.6 Å². The molecule has 0 aliphatic carbocycles. The number of carbonyl (C=O) groups excluding carboxylic acids is 2. The van der Waals surface area contributed by atoms with Gasteiger partial charge in [-0.1, -0.05) is 12.1 Å². The smallest absolute Gasteiger partial charge is 0.261 e. The average Bonchev–Trinajstić information content (AvgIpc) is 3.21. The van der Waals surface area contributed by atoms with E-state index >= 15 is 0 Å². The van der Waals surface area contributed by atoms with Crippen LogP contribution in [-0.4, -0.2) is 28.4 Å². The van der Waals surface area contributed by atoms with Gasteiger partial charge in [0.2, 0.25) is 11.7 Å². The lowest BCUT2D eigenvalue weighted by molar-refractivity contribution is -0.116. The van der Waals surface area contributed by atoms with Gasteiger partial charge in [0.05, 0.1) is 24.3 Å². The SMILES string of the molecule is COc1ccc(C(=O)c2oc3cc(NC(=O)Cn4cnc5ccccc5c4=O)ccc3c2C)cc1. The number of aryl methyl sites for hydroxylation is 1. The van der Waals surface area contributed by atoms with Crippen LogP contribution in [0.25, 0.3) is 21.9 Å². The monoisotopic (exact) mass is 467 g/mol. The van der Waals surface area contributed by atoms with Gasteiger partial charge >= 0.3 is 0 Å². The molecule has 0 aliphatic heterocycles. The van der Waals surface area contributed by atoms with Crippen LogP contribution >= 0.6 is 0 Å². The Balaban J connectivity index is 1.37. The maximum absolute atomic E-state index is 13.0. The van der Waals surface area contributed by atoms with E-state index in [1.807, 2.05) is 6.92 Å². The molecule has 5 aromatic rings. The van der Waals surface area contributed by atoms with Crippen molar-refractivity contribution < 1.29 is 18.7 Å². The van der Waals surface area contributed by atoms with Crippen molar-refractivity contribution in [1.82, 2.24) is 9.55 Å². The minimum absolute atomic E-state index is 0.187. The van der Waals surface area contributed by atoms with Gasteiger partial charge in [0.25, 0.3) is 5.56 Å². The van der Waals surface area contributed by atoms with Gasteiger partial charge < -0.3 is 14.5 Å². The summed E-state index contributed by atoms with van der Waals surface area (Å²) < 4.78 is 12.3. The lowest BCUT2D eigenvalue weighted by atomic mass is 10.0. The minimum atomic E-state index is -0.388. The molecule has 0 bridgehead atoms. The highest BCUT2D eigenvalue weighted by Gasteiger charge is 2.20. The number of hydrogen-bond acceptors (Lipinski definition) is 6. The van der Waals surface area contributed by atoms with Crippen LogP contribution in [0.1, 0.15) is 21.7 Å². The molecule has 0 radical (unpaired) electrons. The zero-order valence-electron chi connectivity index (χ0n) is 19.1. The molecule has 1 N–H and O–H groups in total. The fraction of sp³-hybridized carbons (Fsp3) is 0.111. The standard InChI is InChI=1S/C27H21N3O5/c1-16-20-12-9-18(13-23(20)35-26(16)25(32)17-7-10-19(34-2)11-8-17)29-24(31)14-30-15-28-22-6-4-3-5-21(22)27(30)33/h3-13,15H,14H2,1-2H3,(H,29,31). The van der Waals surface area contributed by atoms with E-state index in [0.29, 0.717) is 39.0 Å². The molecule has 8 nitrogen and oxygen atoms in total. The van der Waals surface area contributed by atoms with Crippen LogP contribution in [-0.2, 0) is 11.3 Å². The molecule has 35 heavy (non-hydrogen) atoms. The average molecular weight is 467 g/mol. The Morgan fingerprint density at radius 3 is 2.57 bits per heavy atom. The summed E-state index contributed by atoms with van der Waals surface area (Å²) in [6, 6.07) is 19.0. The van der Waals surface area contributed by atoms with E-state index in [4.69, 9.17) is 9.15 Å². The van der Waals surface area contributed by atoms with Gasteiger partial charge in [-0.3, -0.25) is 19.0 Å². The lowest BCUT2D eigenvalue weighted by Gasteiger charge is -2.08. The van der Waals surface area contributed by atoms with Crippen molar-refractivity contribution in [2.24, 2.45) is 0 Å². The molecule has 0 atom stereocenters. The minimum Gasteiger partial charge on any atom is -0.497 e. The van der Waals surface area contributed by atoms with Crippen molar-refractivity contribution in [2.75, 3.05) is 12.4 Å². The van der Waals surface area contributed by atoms with Gasteiger partial charge in [0.1, 0.15) is 17.9 Å². The molecular weight excluding hydrogens is 446 g/mol. The van der Waals surface area contributed by atoms with E-state index < -0.39 is 0 Å². The number of furan rings is 1. The van der Waals surface area contributed by atoms with Crippen molar-refractivity contribution in [3.8, 4) is 5.75 Å². The first-order valence-corrected chi connectivity index (χ1v) is 10.9. The number of para-hydroxylation sites is 1. The predicted molar refractivity (Wildman–Crippen MR) is 132 cm³/mol. The summed E-state index contributed by atoms with van der Waals surface area (Å²) in [6.45, 7) is 1.63. The Labute approximate surface area is 199 Å². The molecule has 174 valence electrons. The fourth-order valence-corrected chi connectivity index (χ4v) is 3.97. The molecular formula is C27H21N3O5. The number of nitrogens with one attached hydrogen (secondary N) is 1. The third-order valence-corrected chi connectivity index (χ3v) is 5.83. The quantitative estimate of drug-likeness (QED) is 0.373. The van der Waals surface area contributed by atoms with Crippen molar-refractivity contribution in [3.05, 3.63) is 100 Å². The summed E-state index contributed by atoms with van der Waals surface area (Å²) in [5.41, 5.74) is 2.45. The second-order valence-corrected chi connectivity index (χ2v) is 8.07. The van der Waals surface area contributed by atoms with Crippen LogP contribution in [0.3, 0.4) is 0 Å². The summed E-state index contributed by atoms with van der Waals surface area (Å²) in [4.78, 5) is 42.5. The number of nitrogens with zero attached hydrogens (tertiary/aromatic N) is 2. The second-order valence-electron chi connectivity index (χ2n) is 8.07. The summed E-state index contributed by atoms with van der Waals surface area (Å²) in [6.07, 6.45) is 1.36. The number of amides is 1. The Kier molecular flexibility index (Phi) is 5.62. The fourth-order valence-electron chi connectivity index (χ4n) is 3.97. The predicted octanol–water partition coefficient (Wildman–Crippen LogP) is 4.33. The lowest BCUT2D eigenvalue weighted by Crippen LogP contribution is -2.27. The van der Waals surface area contributed by atoms with Crippen LogP contribution in [0.2, 0.25) is 0 Å². The number of methoxy groups -OCH3 is 1. The Morgan fingerprint density at radius 1 is 1.03 bits per heavy atom. The molecule has 2 aromatic heterocycles. The zero-order valence-corrected chi connectivity index (χ0v) is 19.1. The number of aromatic nitrogens is 2. The topological polar surface area (TPSA) is 103 Å². The number of ether oxygens (including phenoxy) is 1. The summed E-state index contributed by atoms with van der Waals surface area (Å²) in [5, 5.41) is 4.00. The highest BCUT2D eigenvalue weighted by Crippen LogP contribution is 2.29. The number of hydrogen-bond donors (Lipinski definition) is 1. The highest BCUT2D eigenvalue weighted by atomic mass is 16.5. The summed E-state index contributed by atoms with van der Waals surface area (Å²) in [7, 11) is 1.56. The van der Waals surface area contributed by atoms with Crippen molar-refractivity contribution in [3.63, 3.8) is 0 Å². The Hall–Kier alpha value is -4.72. The first-order chi connectivity index (χ1) is 16.9. The maximum Gasteiger partial charge on any atom is 0.261 e. The van der Waals surface area contributed by atoms with Crippen LogP contribution in [0, 0.1) is 6.92 Å². The summed E-state index contributed by atoms with van der Waals surface area (Å²) in [5.74, 6) is 0.267. The molecule has 5 rings (SSSR count). The number of benzene rings is 3. The molecule has 3 aromatic carbocycles. The first kappa shape index (κ1) is 22.1.